The average Bonchev–Trinajstić information content (AvgIpc) is 3.09. The molecule has 1 aliphatic rings. The van der Waals surface area contributed by atoms with Gasteiger partial charge in [-0.2, -0.15) is 5.10 Å². The van der Waals surface area contributed by atoms with E-state index < -0.39 is 0 Å². The molecule has 1 amide bonds. The number of rotatable bonds is 4. The molecule has 132 valence electrons. The van der Waals surface area contributed by atoms with Gasteiger partial charge < -0.3 is 9.32 Å². The van der Waals surface area contributed by atoms with E-state index in [9.17, 15) is 4.79 Å². The van der Waals surface area contributed by atoms with Crippen LogP contribution in [0.15, 0.2) is 46.1 Å². The summed E-state index contributed by atoms with van der Waals surface area (Å²) in [6.07, 6.45) is 4.25. The van der Waals surface area contributed by atoms with E-state index in [1.165, 1.54) is 17.5 Å². The summed E-state index contributed by atoms with van der Waals surface area (Å²) in [4.78, 5) is 14.3. The van der Waals surface area contributed by atoms with Crippen molar-refractivity contribution < 1.29 is 9.21 Å². The van der Waals surface area contributed by atoms with E-state index in [2.05, 4.69) is 55.3 Å². The third-order valence-corrected chi connectivity index (χ3v) is 4.85. The van der Waals surface area contributed by atoms with Crippen LogP contribution in [0.2, 0.25) is 0 Å². The fourth-order valence-corrected chi connectivity index (χ4v) is 3.82. The van der Waals surface area contributed by atoms with Crippen LogP contribution in [0.1, 0.15) is 61.7 Å². The Morgan fingerprint density at radius 1 is 1.44 bits per heavy atom. The minimum atomic E-state index is -0.355. The average molecular weight is 339 g/mol. The van der Waals surface area contributed by atoms with Gasteiger partial charge in [0.15, 0.2) is 5.76 Å². The minimum absolute atomic E-state index is 0.161. The predicted octanol–water partition coefficient (Wildman–Crippen LogP) is 4.16. The second kappa shape index (κ2) is 6.75. The van der Waals surface area contributed by atoms with Crippen molar-refractivity contribution in [2.75, 3.05) is 11.4 Å². The molecule has 2 aromatic rings. The number of carbonyl (C=O) groups excluding carboxylic acids is 1. The van der Waals surface area contributed by atoms with Crippen LogP contribution in [0.4, 0.5) is 5.69 Å². The maximum atomic E-state index is 11.8. The van der Waals surface area contributed by atoms with Crippen LogP contribution in [0.3, 0.4) is 0 Å². The van der Waals surface area contributed by atoms with Crippen molar-refractivity contribution in [2.24, 2.45) is 5.10 Å². The number of anilines is 1. The minimum Gasteiger partial charge on any atom is -0.459 e. The third-order valence-electron chi connectivity index (χ3n) is 4.85. The maximum absolute atomic E-state index is 11.8. The van der Waals surface area contributed by atoms with Crippen molar-refractivity contribution in [3.05, 3.63) is 53.5 Å². The molecule has 0 saturated heterocycles. The lowest BCUT2D eigenvalue weighted by atomic mass is 9.79. The Balaban J connectivity index is 1.78. The van der Waals surface area contributed by atoms with Crippen LogP contribution >= 0.6 is 0 Å². The number of benzene rings is 1. The van der Waals surface area contributed by atoms with Gasteiger partial charge in [-0.1, -0.05) is 13.0 Å². The van der Waals surface area contributed by atoms with Crippen molar-refractivity contribution in [3.63, 3.8) is 0 Å². The summed E-state index contributed by atoms with van der Waals surface area (Å²) in [6.45, 7) is 10.1. The Hall–Kier alpha value is -2.56. The standard InChI is InChI=1S/C20H25N3O2/c1-5-23-17-9-8-15(11-16(17)14(2)12-20(23,3)4)13-21-22-19(24)18-7-6-10-25-18/h6-11,13-14H,5,12H2,1-4H3,(H,22,24)/b21-13+/t14-/m1/s1. The summed E-state index contributed by atoms with van der Waals surface area (Å²) >= 11 is 0. The summed E-state index contributed by atoms with van der Waals surface area (Å²) < 4.78 is 5.04. The maximum Gasteiger partial charge on any atom is 0.307 e. The molecule has 0 spiro atoms. The first kappa shape index (κ1) is 17.3. The first-order valence-corrected chi connectivity index (χ1v) is 8.71. The number of nitrogens with one attached hydrogen (secondary N) is 1. The molecule has 0 bridgehead atoms. The van der Waals surface area contributed by atoms with Crippen molar-refractivity contribution in [3.8, 4) is 0 Å². The van der Waals surface area contributed by atoms with Gasteiger partial charge in [-0.05, 0) is 68.5 Å². The lowest BCUT2D eigenvalue weighted by Gasteiger charge is -2.47. The molecule has 2 heterocycles. The van der Waals surface area contributed by atoms with E-state index in [0.717, 1.165) is 18.5 Å². The van der Waals surface area contributed by atoms with Gasteiger partial charge in [-0.15, -0.1) is 0 Å². The lowest BCUT2D eigenvalue weighted by Crippen LogP contribution is -2.48. The molecule has 5 nitrogen and oxygen atoms in total. The fraction of sp³-hybridized carbons (Fsp3) is 0.400. The monoisotopic (exact) mass is 339 g/mol. The van der Waals surface area contributed by atoms with Gasteiger partial charge in [0.25, 0.3) is 0 Å². The molecule has 0 fully saturated rings. The normalized spacial score (nSPS) is 19.0. The molecular formula is C20H25N3O2. The summed E-state index contributed by atoms with van der Waals surface area (Å²) in [5.41, 5.74) is 6.25. The van der Waals surface area contributed by atoms with Crippen LogP contribution in [-0.2, 0) is 0 Å². The largest absolute Gasteiger partial charge is 0.459 e. The Morgan fingerprint density at radius 2 is 2.24 bits per heavy atom. The van der Waals surface area contributed by atoms with Gasteiger partial charge in [-0.3, -0.25) is 4.79 Å². The molecule has 3 rings (SSSR count). The van der Waals surface area contributed by atoms with E-state index in [0.29, 0.717) is 5.92 Å². The second-order valence-electron chi connectivity index (χ2n) is 7.16. The fourth-order valence-electron chi connectivity index (χ4n) is 3.82. The molecule has 25 heavy (non-hydrogen) atoms. The van der Waals surface area contributed by atoms with E-state index >= 15 is 0 Å². The Labute approximate surface area is 148 Å². The third kappa shape index (κ3) is 3.45. The highest BCUT2D eigenvalue weighted by Gasteiger charge is 2.35. The van der Waals surface area contributed by atoms with Crippen molar-refractivity contribution in [2.45, 2.75) is 45.6 Å². The summed E-state index contributed by atoms with van der Waals surface area (Å²) in [7, 11) is 0. The number of furan rings is 1. The highest BCUT2D eigenvalue weighted by Crippen LogP contribution is 2.43. The van der Waals surface area contributed by atoms with Gasteiger partial charge in [0.1, 0.15) is 0 Å². The molecule has 0 aliphatic carbocycles. The number of hydrazone groups is 1. The highest BCUT2D eigenvalue weighted by atomic mass is 16.3. The number of hydrogen-bond acceptors (Lipinski definition) is 4. The van der Waals surface area contributed by atoms with Crippen LogP contribution in [0, 0.1) is 0 Å². The van der Waals surface area contributed by atoms with Crippen molar-refractivity contribution in [1.82, 2.24) is 5.43 Å². The molecule has 1 N–H and O–H groups in total. The van der Waals surface area contributed by atoms with Gasteiger partial charge in [0, 0.05) is 17.8 Å². The number of nitrogens with zero attached hydrogens (tertiary/aromatic N) is 2. The molecule has 0 radical (unpaired) electrons. The van der Waals surface area contributed by atoms with E-state index in [1.807, 2.05) is 6.07 Å². The van der Waals surface area contributed by atoms with E-state index in [-0.39, 0.29) is 17.2 Å². The smallest absolute Gasteiger partial charge is 0.307 e. The number of hydrogen-bond donors (Lipinski definition) is 1. The molecule has 0 saturated carbocycles. The SMILES string of the molecule is CCN1c2ccc(/C=N/NC(=O)c3ccco3)cc2[C@H](C)CC1(C)C. The Morgan fingerprint density at radius 3 is 2.92 bits per heavy atom. The Kier molecular flexibility index (Phi) is 4.66. The summed E-state index contributed by atoms with van der Waals surface area (Å²) in [5.74, 6) is 0.377. The van der Waals surface area contributed by atoms with Crippen LogP contribution < -0.4 is 10.3 Å². The zero-order valence-corrected chi connectivity index (χ0v) is 15.2. The molecule has 5 heteroatoms. The quantitative estimate of drug-likeness (QED) is 0.672. The van der Waals surface area contributed by atoms with Crippen molar-refractivity contribution >= 4 is 17.8 Å². The lowest BCUT2D eigenvalue weighted by molar-refractivity contribution is 0.0927. The summed E-state index contributed by atoms with van der Waals surface area (Å²) in [6, 6.07) is 9.64. The zero-order valence-electron chi connectivity index (χ0n) is 15.2. The van der Waals surface area contributed by atoms with E-state index in [1.54, 1.807) is 18.3 Å². The predicted molar refractivity (Wildman–Crippen MR) is 100 cm³/mol. The molecule has 0 unspecified atom stereocenters. The topological polar surface area (TPSA) is 57.8 Å². The summed E-state index contributed by atoms with van der Waals surface area (Å²) in [5, 5.41) is 4.04. The zero-order chi connectivity index (χ0) is 18.0. The number of fused-ring (bicyclic) bond motifs is 1. The molecule has 1 aliphatic heterocycles. The second-order valence-corrected chi connectivity index (χ2v) is 7.16. The number of carbonyl (C=O) groups is 1. The molecular weight excluding hydrogens is 314 g/mol. The van der Waals surface area contributed by atoms with Gasteiger partial charge in [-0.25, -0.2) is 5.43 Å². The molecule has 1 atom stereocenters. The van der Waals surface area contributed by atoms with E-state index in [4.69, 9.17) is 4.42 Å². The first-order chi connectivity index (χ1) is 11.9. The van der Waals surface area contributed by atoms with Crippen LogP contribution in [0.5, 0.6) is 0 Å². The molecule has 1 aromatic heterocycles. The van der Waals surface area contributed by atoms with Crippen molar-refractivity contribution in [1.29, 1.82) is 0 Å². The van der Waals surface area contributed by atoms with Crippen LogP contribution in [0.25, 0.3) is 0 Å². The highest BCUT2D eigenvalue weighted by molar-refractivity contribution is 5.92. The van der Waals surface area contributed by atoms with Gasteiger partial charge in [0.05, 0.1) is 12.5 Å². The number of amides is 1. The van der Waals surface area contributed by atoms with Gasteiger partial charge in [0.2, 0.25) is 0 Å². The Bertz CT molecular complexity index is 778. The van der Waals surface area contributed by atoms with Crippen LogP contribution in [-0.4, -0.2) is 24.2 Å². The molecule has 1 aromatic carbocycles. The first-order valence-electron chi connectivity index (χ1n) is 8.71. The van der Waals surface area contributed by atoms with Gasteiger partial charge >= 0.3 is 5.91 Å².